The molecule has 0 bridgehead atoms. The lowest BCUT2D eigenvalue weighted by atomic mass is 9.89. The molecule has 1 aliphatic carbocycles. The van der Waals surface area contributed by atoms with Crippen molar-refractivity contribution in [2.45, 2.75) is 57.0 Å². The van der Waals surface area contributed by atoms with Gasteiger partial charge in [-0.1, -0.05) is 11.6 Å². The van der Waals surface area contributed by atoms with Crippen molar-refractivity contribution in [2.75, 3.05) is 33.2 Å². The van der Waals surface area contributed by atoms with Gasteiger partial charge >= 0.3 is 0 Å². The number of hydrogen-bond acceptors (Lipinski definition) is 4. The lowest BCUT2D eigenvalue weighted by molar-refractivity contribution is -0.129. The average Bonchev–Trinajstić information content (AvgIpc) is 2.55. The number of amides is 2. The molecule has 0 spiro atoms. The minimum Gasteiger partial charge on any atom is -0.388 e. The van der Waals surface area contributed by atoms with Crippen molar-refractivity contribution in [3.05, 3.63) is 11.6 Å². The largest absolute Gasteiger partial charge is 0.388 e. The number of likely N-dealkylation sites (tertiary alicyclic amines) is 1. The Hall–Kier alpha value is -1.40. The van der Waals surface area contributed by atoms with Crippen LogP contribution >= 0.6 is 0 Å². The highest BCUT2D eigenvalue weighted by molar-refractivity contribution is 5.78. The molecule has 0 aromatic heterocycles. The van der Waals surface area contributed by atoms with Crippen molar-refractivity contribution in [2.24, 2.45) is 0 Å². The van der Waals surface area contributed by atoms with Crippen LogP contribution in [-0.2, 0) is 9.59 Å². The van der Waals surface area contributed by atoms with Crippen molar-refractivity contribution in [1.29, 1.82) is 0 Å². The third-order valence-corrected chi connectivity index (χ3v) is 4.92. The SMILES string of the molecule is CNC(=O)CC1(O)CCCN(CC(=O)NCCC2=CCCCC2)C1. The lowest BCUT2D eigenvalue weighted by Crippen LogP contribution is -2.52. The fraction of sp³-hybridized carbons (Fsp3) is 0.778. The summed E-state index contributed by atoms with van der Waals surface area (Å²) in [5, 5.41) is 16.1. The van der Waals surface area contributed by atoms with Gasteiger partial charge in [-0.05, 0) is 51.5 Å². The number of nitrogens with one attached hydrogen (secondary N) is 2. The topological polar surface area (TPSA) is 81.7 Å². The van der Waals surface area contributed by atoms with Crippen LogP contribution in [0.4, 0.5) is 0 Å². The van der Waals surface area contributed by atoms with Crippen LogP contribution in [0, 0.1) is 0 Å². The number of aliphatic hydroxyl groups is 1. The molecule has 0 saturated carbocycles. The predicted octanol–water partition coefficient (Wildman–Crippen LogP) is 0.956. The van der Waals surface area contributed by atoms with Gasteiger partial charge in [0.25, 0.3) is 0 Å². The van der Waals surface area contributed by atoms with E-state index < -0.39 is 5.60 Å². The van der Waals surface area contributed by atoms with Crippen molar-refractivity contribution in [3.63, 3.8) is 0 Å². The molecule has 1 unspecified atom stereocenters. The zero-order valence-corrected chi connectivity index (χ0v) is 14.8. The van der Waals surface area contributed by atoms with Gasteiger partial charge in [-0.3, -0.25) is 14.5 Å². The van der Waals surface area contributed by atoms with Crippen LogP contribution in [0.15, 0.2) is 11.6 Å². The molecule has 2 aliphatic rings. The third-order valence-electron chi connectivity index (χ3n) is 4.92. The molecule has 1 heterocycles. The molecular formula is C18H31N3O3. The van der Waals surface area contributed by atoms with Gasteiger partial charge < -0.3 is 15.7 Å². The second-order valence-electron chi connectivity index (χ2n) is 7.10. The smallest absolute Gasteiger partial charge is 0.234 e. The number of nitrogens with zero attached hydrogens (tertiary/aromatic N) is 1. The Kier molecular flexibility index (Phi) is 7.24. The number of carbonyl (C=O) groups excluding carboxylic acids is 2. The monoisotopic (exact) mass is 337 g/mol. The van der Waals surface area contributed by atoms with Crippen molar-refractivity contribution < 1.29 is 14.7 Å². The van der Waals surface area contributed by atoms with E-state index in [1.807, 2.05) is 4.90 Å². The fourth-order valence-electron chi connectivity index (χ4n) is 3.63. The lowest BCUT2D eigenvalue weighted by Gasteiger charge is -2.38. The molecular weight excluding hydrogens is 306 g/mol. The van der Waals surface area contributed by atoms with Gasteiger partial charge in [0.2, 0.25) is 11.8 Å². The minimum absolute atomic E-state index is 0.00407. The van der Waals surface area contributed by atoms with Gasteiger partial charge in [0.1, 0.15) is 0 Å². The summed E-state index contributed by atoms with van der Waals surface area (Å²) < 4.78 is 0. The second-order valence-corrected chi connectivity index (χ2v) is 7.10. The van der Waals surface area contributed by atoms with E-state index in [9.17, 15) is 14.7 Å². The highest BCUT2D eigenvalue weighted by Gasteiger charge is 2.35. The van der Waals surface area contributed by atoms with E-state index >= 15 is 0 Å². The zero-order chi connectivity index (χ0) is 17.4. The minimum atomic E-state index is -1.02. The van der Waals surface area contributed by atoms with Crippen LogP contribution in [-0.4, -0.2) is 60.6 Å². The Bertz CT molecular complexity index is 478. The molecule has 6 heteroatoms. The van der Waals surface area contributed by atoms with Gasteiger partial charge in [-0.15, -0.1) is 0 Å². The van der Waals surface area contributed by atoms with E-state index in [0.29, 0.717) is 19.5 Å². The maximum Gasteiger partial charge on any atom is 0.234 e. The van der Waals surface area contributed by atoms with Gasteiger partial charge in [0, 0.05) is 20.1 Å². The van der Waals surface area contributed by atoms with Crippen LogP contribution in [0.3, 0.4) is 0 Å². The van der Waals surface area contributed by atoms with E-state index in [1.54, 1.807) is 7.05 Å². The van der Waals surface area contributed by atoms with Crippen molar-refractivity contribution in [1.82, 2.24) is 15.5 Å². The number of piperidine rings is 1. The standard InChI is InChI=1S/C18H31N3O3/c1-19-16(22)12-18(24)9-5-11-21(14-18)13-17(23)20-10-8-15-6-3-2-4-7-15/h6,24H,2-5,7-14H2,1H3,(H,19,22)(H,20,23). The molecule has 6 nitrogen and oxygen atoms in total. The number of β-amino-alcohol motifs (C(OH)–C–C–N with tert-alkyl or cyclic N) is 1. The van der Waals surface area contributed by atoms with E-state index in [0.717, 1.165) is 25.8 Å². The molecule has 3 N–H and O–H groups in total. The van der Waals surface area contributed by atoms with E-state index in [4.69, 9.17) is 0 Å². The molecule has 1 atom stereocenters. The molecule has 24 heavy (non-hydrogen) atoms. The fourth-order valence-corrected chi connectivity index (χ4v) is 3.63. The Morgan fingerprint density at radius 2 is 2.12 bits per heavy atom. The normalized spacial score (nSPS) is 25.0. The highest BCUT2D eigenvalue weighted by Crippen LogP contribution is 2.24. The first-order chi connectivity index (χ1) is 11.5. The van der Waals surface area contributed by atoms with Crippen LogP contribution in [0.25, 0.3) is 0 Å². The maximum atomic E-state index is 12.1. The molecule has 1 fully saturated rings. The summed E-state index contributed by atoms with van der Waals surface area (Å²) in [6.07, 6.45) is 9.61. The summed E-state index contributed by atoms with van der Waals surface area (Å²) in [7, 11) is 1.57. The van der Waals surface area contributed by atoms with Gasteiger partial charge in [0.05, 0.1) is 18.6 Å². The number of hydrogen-bond donors (Lipinski definition) is 3. The molecule has 0 aromatic rings. The van der Waals surface area contributed by atoms with Crippen molar-refractivity contribution >= 4 is 11.8 Å². The van der Waals surface area contributed by atoms with Crippen molar-refractivity contribution in [3.8, 4) is 0 Å². The molecule has 1 aliphatic heterocycles. The molecule has 2 rings (SSSR count). The average molecular weight is 337 g/mol. The summed E-state index contributed by atoms with van der Waals surface area (Å²) in [6.45, 7) is 2.13. The summed E-state index contributed by atoms with van der Waals surface area (Å²) in [4.78, 5) is 25.6. The van der Waals surface area contributed by atoms with Gasteiger partial charge in [0.15, 0.2) is 0 Å². The first-order valence-electron chi connectivity index (χ1n) is 9.11. The second kappa shape index (κ2) is 9.18. The third kappa shape index (κ3) is 6.24. The zero-order valence-electron chi connectivity index (χ0n) is 14.8. The molecule has 1 saturated heterocycles. The molecule has 136 valence electrons. The Balaban J connectivity index is 1.70. The van der Waals surface area contributed by atoms with Crippen LogP contribution in [0.2, 0.25) is 0 Å². The number of allylic oxidation sites excluding steroid dienone is 1. The molecule has 0 aromatic carbocycles. The summed E-state index contributed by atoms with van der Waals surface area (Å²) in [5.74, 6) is -0.167. The first-order valence-corrected chi connectivity index (χ1v) is 9.11. The summed E-state index contributed by atoms with van der Waals surface area (Å²) in [5.41, 5.74) is 0.436. The Labute approximate surface area is 144 Å². The maximum absolute atomic E-state index is 12.1. The molecule has 2 amide bonds. The van der Waals surface area contributed by atoms with Crippen LogP contribution < -0.4 is 10.6 Å². The number of carbonyl (C=O) groups is 2. The number of rotatable bonds is 7. The predicted molar refractivity (Wildman–Crippen MR) is 93.5 cm³/mol. The van der Waals surface area contributed by atoms with Crippen LogP contribution in [0.5, 0.6) is 0 Å². The summed E-state index contributed by atoms with van der Waals surface area (Å²) in [6, 6.07) is 0. The van der Waals surface area contributed by atoms with Gasteiger partial charge in [-0.2, -0.15) is 0 Å². The van der Waals surface area contributed by atoms with Gasteiger partial charge in [-0.25, -0.2) is 0 Å². The van der Waals surface area contributed by atoms with E-state index in [-0.39, 0.29) is 24.8 Å². The molecule has 0 radical (unpaired) electrons. The van der Waals surface area contributed by atoms with Crippen LogP contribution in [0.1, 0.15) is 51.4 Å². The summed E-state index contributed by atoms with van der Waals surface area (Å²) >= 11 is 0. The Morgan fingerprint density at radius 1 is 1.29 bits per heavy atom. The van der Waals surface area contributed by atoms with E-state index in [1.165, 1.54) is 24.8 Å². The van der Waals surface area contributed by atoms with E-state index in [2.05, 4.69) is 16.7 Å². The Morgan fingerprint density at radius 3 is 2.83 bits per heavy atom. The highest BCUT2D eigenvalue weighted by atomic mass is 16.3. The quantitative estimate of drug-likeness (QED) is 0.604. The first kappa shape index (κ1) is 18.9.